The van der Waals surface area contributed by atoms with Gasteiger partial charge in [-0.3, -0.25) is 0 Å². The zero-order valence-electron chi connectivity index (χ0n) is 8.84. The molecule has 82 valence electrons. The van der Waals surface area contributed by atoms with Gasteiger partial charge in [0.05, 0.1) is 6.10 Å². The summed E-state index contributed by atoms with van der Waals surface area (Å²) in [6.45, 7) is 2.29. The predicted molar refractivity (Wildman–Crippen MR) is 57.3 cm³/mol. The number of aliphatic hydroxyl groups excluding tert-OH is 1. The van der Waals surface area contributed by atoms with E-state index in [4.69, 9.17) is 0 Å². The van der Waals surface area contributed by atoms with Gasteiger partial charge in [0.25, 0.3) is 0 Å². The summed E-state index contributed by atoms with van der Waals surface area (Å²) in [5.41, 5.74) is 0. The van der Waals surface area contributed by atoms with Crippen LogP contribution in [0.1, 0.15) is 38.5 Å². The van der Waals surface area contributed by atoms with Crippen molar-refractivity contribution in [2.75, 3.05) is 13.1 Å². The van der Waals surface area contributed by atoms with Crippen LogP contribution in [0, 0.1) is 0 Å². The van der Waals surface area contributed by atoms with Gasteiger partial charge in [-0.25, -0.2) is 0 Å². The first kappa shape index (κ1) is 10.4. The average Bonchev–Trinajstić information content (AvgIpc) is 2.19. The van der Waals surface area contributed by atoms with Crippen molar-refractivity contribution in [2.24, 2.45) is 0 Å². The van der Waals surface area contributed by atoms with E-state index in [-0.39, 0.29) is 6.10 Å². The maximum absolute atomic E-state index is 9.56. The monoisotopic (exact) mass is 198 g/mol. The second-order valence-corrected chi connectivity index (χ2v) is 4.71. The van der Waals surface area contributed by atoms with E-state index in [0.29, 0.717) is 12.1 Å². The zero-order chi connectivity index (χ0) is 9.80. The van der Waals surface area contributed by atoms with Gasteiger partial charge in [0.2, 0.25) is 0 Å². The molecule has 0 radical (unpaired) electrons. The number of aliphatic hydroxyl groups is 1. The van der Waals surface area contributed by atoms with E-state index in [0.717, 1.165) is 25.9 Å². The fourth-order valence-corrected chi connectivity index (χ4v) is 2.64. The number of nitrogens with one attached hydrogen (secondary N) is 2. The Hall–Kier alpha value is -0.120. The molecule has 14 heavy (non-hydrogen) atoms. The molecule has 0 aromatic rings. The van der Waals surface area contributed by atoms with Crippen molar-refractivity contribution >= 4 is 0 Å². The highest BCUT2D eigenvalue weighted by atomic mass is 16.3. The molecule has 2 fully saturated rings. The van der Waals surface area contributed by atoms with Gasteiger partial charge in [-0.15, -0.1) is 0 Å². The zero-order valence-corrected chi connectivity index (χ0v) is 8.84. The molecule has 0 bridgehead atoms. The van der Waals surface area contributed by atoms with E-state index in [1.165, 1.54) is 25.7 Å². The Bertz CT molecular complexity index is 169. The molecule has 1 saturated carbocycles. The molecule has 3 N–H and O–H groups in total. The number of hydrogen-bond donors (Lipinski definition) is 3. The molecule has 0 amide bonds. The van der Waals surface area contributed by atoms with E-state index < -0.39 is 0 Å². The lowest BCUT2D eigenvalue weighted by Crippen LogP contribution is -2.46. The van der Waals surface area contributed by atoms with Crippen molar-refractivity contribution in [3.05, 3.63) is 0 Å². The number of hydrogen-bond acceptors (Lipinski definition) is 3. The normalized spacial score (nSPS) is 35.8. The summed E-state index contributed by atoms with van der Waals surface area (Å²) in [7, 11) is 0. The van der Waals surface area contributed by atoms with Crippen molar-refractivity contribution in [3.63, 3.8) is 0 Å². The van der Waals surface area contributed by atoms with E-state index >= 15 is 0 Å². The summed E-state index contributed by atoms with van der Waals surface area (Å²) in [6.07, 6.45) is 6.83. The molecule has 3 heteroatoms. The first-order chi connectivity index (χ1) is 6.84. The second kappa shape index (κ2) is 5.10. The summed E-state index contributed by atoms with van der Waals surface area (Å²) in [6, 6.07) is 1.26. The molecular weight excluding hydrogens is 176 g/mol. The summed E-state index contributed by atoms with van der Waals surface area (Å²) in [5.74, 6) is 0. The molecular formula is C11H22N2O. The molecule has 1 saturated heterocycles. The van der Waals surface area contributed by atoms with E-state index in [9.17, 15) is 5.11 Å². The van der Waals surface area contributed by atoms with Gasteiger partial charge in [0, 0.05) is 12.1 Å². The quantitative estimate of drug-likeness (QED) is 0.610. The molecule has 0 spiro atoms. The van der Waals surface area contributed by atoms with Gasteiger partial charge in [0.1, 0.15) is 0 Å². The number of rotatable bonds is 2. The van der Waals surface area contributed by atoms with Crippen molar-refractivity contribution in [1.29, 1.82) is 0 Å². The van der Waals surface area contributed by atoms with Gasteiger partial charge in [-0.1, -0.05) is 0 Å². The minimum Gasteiger partial charge on any atom is -0.393 e. The summed E-state index contributed by atoms with van der Waals surface area (Å²) >= 11 is 0. The van der Waals surface area contributed by atoms with Crippen LogP contribution in [0.25, 0.3) is 0 Å². The lowest BCUT2D eigenvalue weighted by molar-refractivity contribution is 0.107. The van der Waals surface area contributed by atoms with E-state index in [2.05, 4.69) is 10.6 Å². The fourth-order valence-electron chi connectivity index (χ4n) is 2.64. The third-order valence-corrected chi connectivity index (χ3v) is 3.46. The van der Waals surface area contributed by atoms with Crippen LogP contribution in [0.4, 0.5) is 0 Å². The molecule has 2 unspecified atom stereocenters. The van der Waals surface area contributed by atoms with Gasteiger partial charge in [-0.2, -0.15) is 0 Å². The maximum Gasteiger partial charge on any atom is 0.0555 e. The molecule has 2 atom stereocenters. The summed E-state index contributed by atoms with van der Waals surface area (Å²) in [4.78, 5) is 0. The Kier molecular flexibility index (Phi) is 3.79. The fraction of sp³-hybridized carbons (Fsp3) is 1.00. The maximum atomic E-state index is 9.56. The third-order valence-electron chi connectivity index (χ3n) is 3.46. The van der Waals surface area contributed by atoms with Crippen LogP contribution in [0.15, 0.2) is 0 Å². The van der Waals surface area contributed by atoms with Crippen LogP contribution in [-0.2, 0) is 0 Å². The van der Waals surface area contributed by atoms with Gasteiger partial charge in [-0.05, 0) is 51.6 Å². The van der Waals surface area contributed by atoms with Crippen molar-refractivity contribution in [2.45, 2.75) is 56.7 Å². The average molecular weight is 198 g/mol. The first-order valence-corrected chi connectivity index (χ1v) is 5.99. The highest BCUT2D eigenvalue weighted by Gasteiger charge is 2.23. The standard InChI is InChI=1S/C11H22N2O/c14-11-3-1-2-10(8-11)13-9-4-6-12-7-5-9/h9-14H,1-8H2. The topological polar surface area (TPSA) is 44.3 Å². The largest absolute Gasteiger partial charge is 0.393 e. The van der Waals surface area contributed by atoms with Crippen LogP contribution >= 0.6 is 0 Å². The molecule has 3 nitrogen and oxygen atoms in total. The van der Waals surface area contributed by atoms with Crippen LogP contribution < -0.4 is 10.6 Å². The lowest BCUT2D eigenvalue weighted by atomic mass is 9.91. The Morgan fingerprint density at radius 3 is 2.50 bits per heavy atom. The van der Waals surface area contributed by atoms with Crippen molar-refractivity contribution < 1.29 is 5.11 Å². The SMILES string of the molecule is OC1CCCC(NC2CCNCC2)C1. The molecule has 0 aromatic heterocycles. The van der Waals surface area contributed by atoms with Gasteiger partial charge in [0.15, 0.2) is 0 Å². The van der Waals surface area contributed by atoms with Crippen LogP contribution in [0.2, 0.25) is 0 Å². The highest BCUT2D eigenvalue weighted by molar-refractivity contribution is 4.83. The van der Waals surface area contributed by atoms with Crippen LogP contribution in [-0.4, -0.2) is 36.4 Å². The van der Waals surface area contributed by atoms with Crippen LogP contribution in [0.5, 0.6) is 0 Å². The third kappa shape index (κ3) is 2.94. The van der Waals surface area contributed by atoms with E-state index in [1.54, 1.807) is 0 Å². The highest BCUT2D eigenvalue weighted by Crippen LogP contribution is 2.19. The Morgan fingerprint density at radius 1 is 1.00 bits per heavy atom. The summed E-state index contributed by atoms with van der Waals surface area (Å²) < 4.78 is 0. The van der Waals surface area contributed by atoms with Gasteiger partial charge >= 0.3 is 0 Å². The molecule has 1 aliphatic heterocycles. The second-order valence-electron chi connectivity index (χ2n) is 4.71. The predicted octanol–water partition coefficient (Wildman–Crippen LogP) is 0.631. The molecule has 2 aliphatic rings. The minimum atomic E-state index is -0.0528. The lowest BCUT2D eigenvalue weighted by Gasteiger charge is -2.32. The first-order valence-electron chi connectivity index (χ1n) is 5.99. The van der Waals surface area contributed by atoms with Crippen molar-refractivity contribution in [3.8, 4) is 0 Å². The Balaban J connectivity index is 1.72. The summed E-state index contributed by atoms with van der Waals surface area (Å²) in [5, 5.41) is 16.6. The Morgan fingerprint density at radius 2 is 1.79 bits per heavy atom. The molecule has 1 heterocycles. The Labute approximate surface area is 86.3 Å². The van der Waals surface area contributed by atoms with Crippen LogP contribution in [0.3, 0.4) is 0 Å². The van der Waals surface area contributed by atoms with Crippen molar-refractivity contribution in [1.82, 2.24) is 10.6 Å². The van der Waals surface area contributed by atoms with Gasteiger partial charge < -0.3 is 15.7 Å². The molecule has 0 aromatic carbocycles. The molecule has 1 aliphatic carbocycles. The molecule has 2 rings (SSSR count). The smallest absolute Gasteiger partial charge is 0.0555 e. The minimum absolute atomic E-state index is 0.0528. The van der Waals surface area contributed by atoms with E-state index in [1.807, 2.05) is 0 Å². The number of piperidine rings is 1.